The topological polar surface area (TPSA) is 67.4 Å². The molecule has 0 spiro atoms. The normalized spacial score (nSPS) is 31.6. The molecule has 1 aliphatic heterocycles. The van der Waals surface area contributed by atoms with Crippen LogP contribution in [-0.2, 0) is 14.8 Å². The molecule has 100 valence electrons. The fourth-order valence-electron chi connectivity index (χ4n) is 2.35. The third-order valence-electron chi connectivity index (χ3n) is 3.56. The number of nitrogens with one attached hydrogen (secondary N) is 2. The quantitative estimate of drug-likeness (QED) is 0.711. The van der Waals surface area contributed by atoms with Crippen molar-refractivity contribution in [1.82, 2.24) is 10.0 Å². The average Bonchev–Trinajstić information content (AvgIpc) is 3.00. The summed E-state index contributed by atoms with van der Waals surface area (Å²) in [4.78, 5) is 0. The van der Waals surface area contributed by atoms with Crippen LogP contribution in [0.1, 0.15) is 26.2 Å². The van der Waals surface area contributed by atoms with Crippen LogP contribution in [0.3, 0.4) is 0 Å². The van der Waals surface area contributed by atoms with E-state index in [1.54, 1.807) is 14.0 Å². The molecule has 2 N–H and O–H groups in total. The van der Waals surface area contributed by atoms with Crippen molar-refractivity contribution in [3.8, 4) is 0 Å². The summed E-state index contributed by atoms with van der Waals surface area (Å²) in [5, 5.41) is 2.49. The lowest BCUT2D eigenvalue weighted by atomic mass is 10.1. The van der Waals surface area contributed by atoms with E-state index in [2.05, 4.69) is 10.0 Å². The van der Waals surface area contributed by atoms with Crippen molar-refractivity contribution in [3.63, 3.8) is 0 Å². The van der Waals surface area contributed by atoms with Gasteiger partial charge in [0.1, 0.15) is 0 Å². The zero-order valence-electron chi connectivity index (χ0n) is 10.5. The van der Waals surface area contributed by atoms with Gasteiger partial charge in [0.25, 0.3) is 0 Å². The maximum absolute atomic E-state index is 12.1. The standard InChI is InChI=1S/C11H22N2O3S/c1-8(7-12-2)17(14,15)13-10-5-6-16-11(10)9-3-4-9/h8-13H,3-7H2,1-2H3. The predicted molar refractivity (Wildman–Crippen MR) is 66.3 cm³/mol. The van der Waals surface area contributed by atoms with Crippen molar-refractivity contribution < 1.29 is 13.2 Å². The lowest BCUT2D eigenvalue weighted by Crippen LogP contribution is -2.46. The molecule has 0 aromatic heterocycles. The summed E-state index contributed by atoms with van der Waals surface area (Å²) in [5.41, 5.74) is 0. The first-order valence-corrected chi connectivity index (χ1v) is 7.86. The third-order valence-corrected chi connectivity index (χ3v) is 5.42. The lowest BCUT2D eigenvalue weighted by Gasteiger charge is -2.22. The van der Waals surface area contributed by atoms with Gasteiger partial charge in [-0.3, -0.25) is 0 Å². The van der Waals surface area contributed by atoms with Crippen LogP contribution < -0.4 is 10.0 Å². The van der Waals surface area contributed by atoms with Crippen LogP contribution in [0, 0.1) is 5.92 Å². The number of hydrogen-bond donors (Lipinski definition) is 2. The highest BCUT2D eigenvalue weighted by Crippen LogP contribution is 2.38. The van der Waals surface area contributed by atoms with Gasteiger partial charge in [-0.25, -0.2) is 13.1 Å². The summed E-state index contributed by atoms with van der Waals surface area (Å²) < 4.78 is 32.6. The van der Waals surface area contributed by atoms with Crippen LogP contribution in [0.4, 0.5) is 0 Å². The van der Waals surface area contributed by atoms with E-state index < -0.39 is 15.3 Å². The number of sulfonamides is 1. The Labute approximate surface area is 103 Å². The molecule has 0 bridgehead atoms. The SMILES string of the molecule is CNCC(C)S(=O)(=O)NC1CCOC1C1CC1. The molecule has 0 amide bonds. The Kier molecular flexibility index (Phi) is 4.07. The van der Waals surface area contributed by atoms with Crippen LogP contribution in [0.25, 0.3) is 0 Å². The minimum absolute atomic E-state index is 0.0215. The van der Waals surface area contributed by atoms with Crippen LogP contribution in [0.15, 0.2) is 0 Å². The smallest absolute Gasteiger partial charge is 0.215 e. The van der Waals surface area contributed by atoms with E-state index in [0.29, 0.717) is 19.1 Å². The summed E-state index contributed by atoms with van der Waals surface area (Å²) in [7, 11) is -1.48. The molecule has 1 saturated heterocycles. The Morgan fingerprint density at radius 2 is 2.06 bits per heavy atom. The highest BCUT2D eigenvalue weighted by Gasteiger charge is 2.42. The Morgan fingerprint density at radius 3 is 2.65 bits per heavy atom. The molecular formula is C11H22N2O3S. The molecule has 17 heavy (non-hydrogen) atoms. The maximum atomic E-state index is 12.1. The van der Waals surface area contributed by atoms with Crippen LogP contribution in [0.2, 0.25) is 0 Å². The second-order valence-corrected chi connectivity index (χ2v) is 7.23. The second kappa shape index (κ2) is 5.22. The van der Waals surface area contributed by atoms with Gasteiger partial charge >= 0.3 is 0 Å². The summed E-state index contributed by atoms with van der Waals surface area (Å²) in [6.45, 7) is 2.87. The maximum Gasteiger partial charge on any atom is 0.215 e. The molecule has 2 rings (SSSR count). The van der Waals surface area contributed by atoms with Gasteiger partial charge in [-0.2, -0.15) is 0 Å². The fourth-order valence-corrected chi connectivity index (χ4v) is 3.64. The second-order valence-electron chi connectivity index (χ2n) is 5.10. The molecule has 0 aromatic rings. The van der Waals surface area contributed by atoms with E-state index >= 15 is 0 Å². The van der Waals surface area contributed by atoms with E-state index in [-0.39, 0.29) is 12.1 Å². The van der Waals surface area contributed by atoms with E-state index in [0.717, 1.165) is 6.42 Å². The van der Waals surface area contributed by atoms with Crippen molar-refractivity contribution in [2.24, 2.45) is 5.92 Å². The van der Waals surface area contributed by atoms with E-state index in [4.69, 9.17) is 4.74 Å². The summed E-state index contributed by atoms with van der Waals surface area (Å²) in [6, 6.07) is -0.0215. The molecule has 2 fully saturated rings. The van der Waals surface area contributed by atoms with Gasteiger partial charge in [0.15, 0.2) is 0 Å². The highest BCUT2D eigenvalue weighted by molar-refractivity contribution is 7.90. The molecule has 3 atom stereocenters. The van der Waals surface area contributed by atoms with Gasteiger partial charge in [-0.1, -0.05) is 0 Å². The molecule has 0 radical (unpaired) electrons. The average molecular weight is 262 g/mol. The van der Waals surface area contributed by atoms with Gasteiger partial charge in [0.05, 0.1) is 17.4 Å². The van der Waals surface area contributed by atoms with E-state index in [9.17, 15) is 8.42 Å². The summed E-state index contributed by atoms with van der Waals surface area (Å²) in [5.74, 6) is 0.574. The Morgan fingerprint density at radius 1 is 1.35 bits per heavy atom. The fraction of sp³-hybridized carbons (Fsp3) is 1.00. The molecule has 1 heterocycles. The van der Waals surface area contributed by atoms with Crippen molar-refractivity contribution in [3.05, 3.63) is 0 Å². The van der Waals surface area contributed by atoms with Crippen LogP contribution >= 0.6 is 0 Å². The minimum atomic E-state index is -3.24. The first-order valence-electron chi connectivity index (χ1n) is 6.32. The first-order chi connectivity index (χ1) is 8.04. The van der Waals surface area contributed by atoms with Crippen molar-refractivity contribution in [1.29, 1.82) is 0 Å². The number of ether oxygens (including phenoxy) is 1. The monoisotopic (exact) mass is 262 g/mol. The molecule has 3 unspecified atom stereocenters. The number of hydrogen-bond acceptors (Lipinski definition) is 4. The number of rotatable bonds is 6. The van der Waals surface area contributed by atoms with Gasteiger partial charge in [-0.05, 0) is 39.2 Å². The molecule has 5 nitrogen and oxygen atoms in total. The summed E-state index contributed by atoms with van der Waals surface area (Å²) >= 11 is 0. The third kappa shape index (κ3) is 3.19. The first kappa shape index (κ1) is 13.3. The Balaban J connectivity index is 1.94. The van der Waals surface area contributed by atoms with Crippen LogP contribution in [-0.4, -0.2) is 46.0 Å². The Bertz CT molecular complexity index is 354. The highest BCUT2D eigenvalue weighted by atomic mass is 32.2. The van der Waals surface area contributed by atoms with Crippen molar-refractivity contribution in [2.75, 3.05) is 20.2 Å². The molecular weight excluding hydrogens is 240 g/mol. The van der Waals surface area contributed by atoms with E-state index in [1.165, 1.54) is 12.8 Å². The zero-order valence-corrected chi connectivity index (χ0v) is 11.3. The molecule has 1 saturated carbocycles. The molecule has 0 aromatic carbocycles. The largest absolute Gasteiger partial charge is 0.376 e. The van der Waals surface area contributed by atoms with Crippen molar-refractivity contribution >= 4 is 10.0 Å². The summed E-state index contributed by atoms with van der Waals surface area (Å²) in [6.07, 6.45) is 3.25. The van der Waals surface area contributed by atoms with Crippen LogP contribution in [0.5, 0.6) is 0 Å². The minimum Gasteiger partial charge on any atom is -0.376 e. The van der Waals surface area contributed by atoms with Gasteiger partial charge in [0.2, 0.25) is 10.0 Å². The lowest BCUT2D eigenvalue weighted by molar-refractivity contribution is 0.0847. The van der Waals surface area contributed by atoms with Gasteiger partial charge < -0.3 is 10.1 Å². The molecule has 6 heteroatoms. The predicted octanol–water partition coefficient (Wildman–Crippen LogP) is 0.0812. The molecule has 1 aliphatic carbocycles. The van der Waals surface area contributed by atoms with Crippen molar-refractivity contribution in [2.45, 2.75) is 43.6 Å². The molecule has 2 aliphatic rings. The van der Waals surface area contributed by atoms with Gasteiger partial charge in [-0.15, -0.1) is 0 Å². The Hall–Kier alpha value is -0.170. The zero-order chi connectivity index (χ0) is 12.5. The van der Waals surface area contributed by atoms with Gasteiger partial charge in [0, 0.05) is 13.2 Å². The van der Waals surface area contributed by atoms with E-state index in [1.807, 2.05) is 0 Å².